The van der Waals surface area contributed by atoms with Crippen LogP contribution in [-0.2, 0) is 0 Å². The number of aromatic nitrogens is 2. The average molecular weight is 462 g/mol. The van der Waals surface area contributed by atoms with Crippen molar-refractivity contribution in [3.05, 3.63) is 39.9 Å². The Morgan fingerprint density at radius 2 is 2.07 bits per heavy atom. The number of halogens is 5. The molecule has 0 radical (unpaired) electrons. The fourth-order valence-corrected chi connectivity index (χ4v) is 5.24. The van der Waals surface area contributed by atoms with Gasteiger partial charge in [-0.1, -0.05) is 17.7 Å². The van der Waals surface area contributed by atoms with Crippen LogP contribution in [0, 0.1) is 6.92 Å². The van der Waals surface area contributed by atoms with Crippen LogP contribution in [0.4, 0.5) is 23.4 Å². The van der Waals surface area contributed by atoms with Crippen molar-refractivity contribution < 1.29 is 27.1 Å². The van der Waals surface area contributed by atoms with Crippen LogP contribution >= 0.6 is 22.9 Å². The van der Waals surface area contributed by atoms with Crippen molar-refractivity contribution in [2.24, 2.45) is 0 Å². The highest BCUT2D eigenvalue weighted by molar-refractivity contribution is 7.21. The molecule has 0 unspecified atom stereocenters. The lowest BCUT2D eigenvalue weighted by Crippen LogP contribution is -2.46. The first kappa shape index (κ1) is 20.9. The number of carbonyl (C=O) groups is 1. The van der Waals surface area contributed by atoms with E-state index in [1.807, 2.05) is 0 Å². The Morgan fingerprint density at radius 1 is 1.33 bits per heavy atom. The van der Waals surface area contributed by atoms with Crippen molar-refractivity contribution in [2.75, 3.05) is 4.90 Å². The van der Waals surface area contributed by atoms with Crippen LogP contribution in [-0.4, -0.2) is 34.8 Å². The van der Waals surface area contributed by atoms with Crippen molar-refractivity contribution in [3.8, 4) is 5.75 Å². The van der Waals surface area contributed by atoms with Gasteiger partial charge in [-0.2, -0.15) is 13.9 Å². The van der Waals surface area contributed by atoms with Crippen molar-refractivity contribution in [3.63, 3.8) is 0 Å². The molecule has 30 heavy (non-hydrogen) atoms. The summed E-state index contributed by atoms with van der Waals surface area (Å²) in [5.41, 5.74) is 0.498. The first-order valence-electron chi connectivity index (χ1n) is 9.02. The number of amides is 1. The molecule has 1 aliphatic heterocycles. The maximum Gasteiger partial charge on any atom is 0.387 e. The Balaban J connectivity index is 1.80. The SMILES string of the molecule is Cc1cc2n(n1)[C@H](C(F)F)C[C@H](C)N2C(=O)c1sc2cccc(OC(F)F)c2c1Cl. The third-order valence-electron chi connectivity index (χ3n) is 4.96. The molecule has 0 bridgehead atoms. The van der Waals surface area contributed by atoms with E-state index in [-0.39, 0.29) is 33.3 Å². The fraction of sp³-hybridized carbons (Fsp3) is 0.368. The molecule has 0 saturated carbocycles. The summed E-state index contributed by atoms with van der Waals surface area (Å²) in [7, 11) is 0. The molecular formula is C19H16ClF4N3O2S. The van der Waals surface area contributed by atoms with Crippen LogP contribution in [0.1, 0.15) is 34.8 Å². The number of hydrogen-bond acceptors (Lipinski definition) is 4. The molecular weight excluding hydrogens is 446 g/mol. The van der Waals surface area contributed by atoms with Crippen LogP contribution in [0.15, 0.2) is 24.3 Å². The zero-order valence-corrected chi connectivity index (χ0v) is 17.4. The molecule has 4 rings (SSSR count). The topological polar surface area (TPSA) is 47.4 Å². The number of ether oxygens (including phenoxy) is 1. The largest absolute Gasteiger partial charge is 0.434 e. The molecule has 11 heteroatoms. The molecule has 160 valence electrons. The van der Waals surface area contributed by atoms with E-state index in [9.17, 15) is 22.4 Å². The summed E-state index contributed by atoms with van der Waals surface area (Å²) < 4.78 is 58.8. The summed E-state index contributed by atoms with van der Waals surface area (Å²) in [6, 6.07) is 4.39. The number of alkyl halides is 4. The average Bonchev–Trinajstić information content (AvgIpc) is 3.20. The van der Waals surface area contributed by atoms with Gasteiger partial charge in [0.1, 0.15) is 22.5 Å². The number of aryl methyl sites for hydroxylation is 1. The smallest absolute Gasteiger partial charge is 0.387 e. The number of fused-ring (bicyclic) bond motifs is 2. The van der Waals surface area contributed by atoms with Gasteiger partial charge in [0, 0.05) is 16.8 Å². The number of nitrogens with zero attached hydrogens (tertiary/aromatic N) is 3. The van der Waals surface area contributed by atoms with E-state index in [1.54, 1.807) is 26.0 Å². The summed E-state index contributed by atoms with van der Waals surface area (Å²) in [6.45, 7) is 0.282. The summed E-state index contributed by atoms with van der Waals surface area (Å²) in [5, 5.41) is 4.34. The zero-order chi connectivity index (χ0) is 21.7. The Labute approximate surface area is 177 Å². The minimum atomic E-state index is -3.04. The van der Waals surface area contributed by atoms with Crippen molar-refractivity contribution in [2.45, 2.75) is 45.4 Å². The van der Waals surface area contributed by atoms with E-state index < -0.39 is 31.0 Å². The molecule has 0 saturated heterocycles. The monoisotopic (exact) mass is 461 g/mol. The third kappa shape index (κ3) is 3.41. The van der Waals surface area contributed by atoms with E-state index in [0.29, 0.717) is 10.4 Å². The lowest BCUT2D eigenvalue weighted by Gasteiger charge is -2.37. The molecule has 0 fully saturated rings. The van der Waals surface area contributed by atoms with Gasteiger partial charge in [-0.15, -0.1) is 11.3 Å². The standard InChI is InChI=1S/C19H16ClF4N3O2S/c1-8-6-13-26(9(2)7-10(17(21)22)27(13)25-8)18(28)16-15(20)14-11(29-19(23)24)4-3-5-12(14)30-16/h3-6,9-10,17,19H,7H2,1-2H3/t9-,10-/m0/s1. The number of hydrogen-bond donors (Lipinski definition) is 0. The first-order chi connectivity index (χ1) is 14.2. The van der Waals surface area contributed by atoms with E-state index in [2.05, 4.69) is 9.84 Å². The molecule has 5 nitrogen and oxygen atoms in total. The Bertz CT molecular complexity index is 1120. The molecule has 1 aromatic carbocycles. The predicted molar refractivity (Wildman–Crippen MR) is 106 cm³/mol. The van der Waals surface area contributed by atoms with Crippen LogP contribution in [0.5, 0.6) is 5.75 Å². The number of rotatable bonds is 4. The first-order valence-corrected chi connectivity index (χ1v) is 10.2. The summed E-state index contributed by atoms with van der Waals surface area (Å²) in [4.78, 5) is 14.9. The molecule has 2 atom stereocenters. The van der Waals surface area contributed by atoms with Crippen LogP contribution < -0.4 is 9.64 Å². The lowest BCUT2D eigenvalue weighted by atomic mass is 10.0. The van der Waals surface area contributed by atoms with Gasteiger partial charge in [0.15, 0.2) is 0 Å². The molecule has 0 aliphatic carbocycles. The van der Waals surface area contributed by atoms with Crippen molar-refractivity contribution in [1.29, 1.82) is 0 Å². The van der Waals surface area contributed by atoms with Gasteiger partial charge in [-0.05, 0) is 32.4 Å². The molecule has 2 aromatic heterocycles. The van der Waals surface area contributed by atoms with Crippen molar-refractivity contribution in [1.82, 2.24) is 9.78 Å². The van der Waals surface area contributed by atoms with Crippen molar-refractivity contribution >= 4 is 44.7 Å². The molecule has 0 N–H and O–H groups in total. The Kier molecular flexibility index (Phi) is 5.39. The van der Waals surface area contributed by atoms with Gasteiger partial charge in [-0.3, -0.25) is 9.69 Å². The number of benzene rings is 1. The van der Waals surface area contributed by atoms with Gasteiger partial charge in [-0.25, -0.2) is 13.5 Å². The maximum atomic E-state index is 13.5. The van der Waals surface area contributed by atoms with Crippen LogP contribution in [0.3, 0.4) is 0 Å². The van der Waals surface area contributed by atoms with Crippen LogP contribution in [0.25, 0.3) is 10.1 Å². The predicted octanol–water partition coefficient (Wildman–Crippen LogP) is 5.91. The minimum absolute atomic E-state index is 0.0118. The Hall–Kier alpha value is -2.33. The fourth-order valence-electron chi connectivity index (χ4n) is 3.74. The quantitative estimate of drug-likeness (QED) is 0.454. The van der Waals surface area contributed by atoms with Crippen LogP contribution in [0.2, 0.25) is 5.02 Å². The van der Waals surface area contributed by atoms with E-state index in [1.165, 1.54) is 21.7 Å². The highest BCUT2D eigenvalue weighted by Crippen LogP contribution is 2.44. The zero-order valence-electron chi connectivity index (χ0n) is 15.8. The number of thiophene rings is 1. The molecule has 1 amide bonds. The minimum Gasteiger partial charge on any atom is -0.434 e. The normalized spacial score (nSPS) is 19.0. The van der Waals surface area contributed by atoms with Gasteiger partial charge in [0.25, 0.3) is 12.3 Å². The second kappa shape index (κ2) is 7.73. The maximum absolute atomic E-state index is 13.5. The number of carbonyl (C=O) groups excluding carboxylic acids is 1. The van der Waals surface area contributed by atoms with Gasteiger partial charge >= 0.3 is 6.61 Å². The highest BCUT2D eigenvalue weighted by Gasteiger charge is 2.40. The second-order valence-electron chi connectivity index (χ2n) is 7.00. The summed E-state index contributed by atoms with van der Waals surface area (Å²) in [6.07, 6.45) is -2.62. The van der Waals surface area contributed by atoms with Gasteiger partial charge in [0.2, 0.25) is 0 Å². The third-order valence-corrected chi connectivity index (χ3v) is 6.59. The van der Waals surface area contributed by atoms with Gasteiger partial charge in [0.05, 0.1) is 16.1 Å². The second-order valence-corrected chi connectivity index (χ2v) is 8.43. The summed E-state index contributed by atoms with van der Waals surface area (Å²) in [5.74, 6) is -0.391. The summed E-state index contributed by atoms with van der Waals surface area (Å²) >= 11 is 7.45. The van der Waals surface area contributed by atoms with E-state index >= 15 is 0 Å². The molecule has 0 spiro atoms. The number of anilines is 1. The highest BCUT2D eigenvalue weighted by atomic mass is 35.5. The van der Waals surface area contributed by atoms with E-state index in [4.69, 9.17) is 11.6 Å². The lowest BCUT2D eigenvalue weighted by molar-refractivity contribution is -0.0487. The molecule has 3 heterocycles. The Morgan fingerprint density at radius 3 is 2.73 bits per heavy atom. The van der Waals surface area contributed by atoms with E-state index in [0.717, 1.165) is 11.3 Å². The van der Waals surface area contributed by atoms with Gasteiger partial charge < -0.3 is 4.74 Å². The molecule has 1 aliphatic rings. The molecule has 3 aromatic rings.